The lowest BCUT2D eigenvalue weighted by Crippen LogP contribution is -2.55. The Morgan fingerprint density at radius 3 is 1.88 bits per heavy atom. The van der Waals surface area contributed by atoms with Gasteiger partial charge in [0.1, 0.15) is 5.75 Å². The zero-order valence-electron chi connectivity index (χ0n) is 14.7. The molecule has 2 aliphatic heterocycles. The van der Waals surface area contributed by atoms with Crippen LogP contribution in [0.5, 0.6) is 5.75 Å². The standard InChI is InChI=1S/C17H23NO7S/c1-21-14-4-6-15(7-5-14)26(19,20)18-12-10-17(11-13-18)24-22-16(23-25-17)8-2-3-9-16/h4-7H,2-3,8-13H2,1H3. The van der Waals surface area contributed by atoms with Gasteiger partial charge in [0.05, 0.1) is 12.0 Å². The SMILES string of the molecule is COc1ccc(S(=O)(=O)N2CCC3(CC2)OOC2(CCCC2)OO3)cc1. The monoisotopic (exact) mass is 385 g/mol. The first-order valence-corrected chi connectivity index (χ1v) is 10.3. The van der Waals surface area contributed by atoms with E-state index in [1.807, 2.05) is 0 Å². The normalized spacial score (nSPS) is 25.6. The number of rotatable bonds is 3. The summed E-state index contributed by atoms with van der Waals surface area (Å²) in [5, 5.41) is 0. The highest BCUT2D eigenvalue weighted by Gasteiger charge is 2.52. The molecule has 3 aliphatic rings. The molecule has 3 fully saturated rings. The topological polar surface area (TPSA) is 83.5 Å². The Labute approximate surface area is 152 Å². The Bertz CT molecular complexity index is 723. The van der Waals surface area contributed by atoms with Gasteiger partial charge in [-0.3, -0.25) is 0 Å². The number of piperidine rings is 1. The molecule has 0 amide bonds. The maximum atomic E-state index is 12.8. The molecule has 4 rings (SSSR count). The first-order valence-electron chi connectivity index (χ1n) is 8.85. The summed E-state index contributed by atoms with van der Waals surface area (Å²) in [5.74, 6) is -1.22. The quantitative estimate of drug-likeness (QED) is 0.739. The fourth-order valence-electron chi connectivity index (χ4n) is 3.54. The van der Waals surface area contributed by atoms with Crippen LogP contribution in [0.1, 0.15) is 38.5 Å². The number of benzene rings is 1. The van der Waals surface area contributed by atoms with Crippen molar-refractivity contribution in [3.8, 4) is 5.75 Å². The van der Waals surface area contributed by atoms with Crippen LogP contribution in [0.4, 0.5) is 0 Å². The Kier molecular flexibility index (Phi) is 4.70. The molecular formula is C17H23NO7S. The van der Waals surface area contributed by atoms with E-state index in [9.17, 15) is 8.42 Å². The lowest BCUT2D eigenvalue weighted by molar-refractivity contribution is -0.658. The number of hydrogen-bond acceptors (Lipinski definition) is 7. The van der Waals surface area contributed by atoms with E-state index < -0.39 is 21.6 Å². The van der Waals surface area contributed by atoms with Crippen molar-refractivity contribution in [2.75, 3.05) is 20.2 Å². The second kappa shape index (κ2) is 6.74. The number of ether oxygens (including phenoxy) is 1. The van der Waals surface area contributed by atoms with Crippen molar-refractivity contribution in [2.45, 2.75) is 55.0 Å². The largest absolute Gasteiger partial charge is 0.497 e. The Morgan fingerprint density at radius 2 is 1.38 bits per heavy atom. The summed E-state index contributed by atoms with van der Waals surface area (Å²) >= 11 is 0. The van der Waals surface area contributed by atoms with Crippen LogP contribution in [0.25, 0.3) is 0 Å². The van der Waals surface area contributed by atoms with Crippen LogP contribution in [-0.4, -0.2) is 44.5 Å². The minimum atomic E-state index is -3.58. The highest BCUT2D eigenvalue weighted by atomic mass is 32.2. The molecule has 2 heterocycles. The van der Waals surface area contributed by atoms with Crippen LogP contribution < -0.4 is 4.74 Å². The zero-order chi connectivity index (χ0) is 18.3. The van der Waals surface area contributed by atoms with E-state index in [4.69, 9.17) is 24.3 Å². The minimum absolute atomic E-state index is 0.233. The predicted molar refractivity (Wildman–Crippen MR) is 89.3 cm³/mol. The lowest BCUT2D eigenvalue weighted by atomic mass is 10.1. The smallest absolute Gasteiger partial charge is 0.243 e. The van der Waals surface area contributed by atoms with Crippen molar-refractivity contribution in [2.24, 2.45) is 0 Å². The van der Waals surface area contributed by atoms with Gasteiger partial charge in [-0.1, -0.05) is 0 Å². The van der Waals surface area contributed by atoms with Gasteiger partial charge in [-0.25, -0.2) is 8.42 Å². The van der Waals surface area contributed by atoms with Crippen LogP contribution in [-0.2, 0) is 29.6 Å². The van der Waals surface area contributed by atoms with E-state index in [0.29, 0.717) is 18.6 Å². The summed E-state index contributed by atoms with van der Waals surface area (Å²) in [6.07, 6.45) is 4.15. The fourth-order valence-corrected chi connectivity index (χ4v) is 4.98. The van der Waals surface area contributed by atoms with Gasteiger partial charge < -0.3 is 4.74 Å². The number of nitrogens with zero attached hydrogens (tertiary/aromatic N) is 1. The molecule has 0 bridgehead atoms. The van der Waals surface area contributed by atoms with Crippen LogP contribution >= 0.6 is 0 Å². The first kappa shape index (κ1) is 18.1. The van der Waals surface area contributed by atoms with Gasteiger partial charge in [0.15, 0.2) is 0 Å². The molecule has 1 aliphatic carbocycles. The average molecular weight is 385 g/mol. The summed E-state index contributed by atoms with van der Waals surface area (Å²) in [6, 6.07) is 6.35. The summed E-state index contributed by atoms with van der Waals surface area (Å²) in [5.41, 5.74) is 0. The third kappa shape index (κ3) is 3.23. The molecule has 1 aromatic rings. The molecule has 2 saturated heterocycles. The molecule has 0 radical (unpaired) electrons. The van der Waals surface area contributed by atoms with Gasteiger partial charge >= 0.3 is 0 Å². The molecule has 8 nitrogen and oxygen atoms in total. The van der Waals surface area contributed by atoms with Gasteiger partial charge in [0.2, 0.25) is 21.6 Å². The van der Waals surface area contributed by atoms with E-state index in [1.165, 1.54) is 11.4 Å². The molecule has 0 aromatic heterocycles. The molecule has 1 saturated carbocycles. The van der Waals surface area contributed by atoms with Crippen molar-refractivity contribution in [3.63, 3.8) is 0 Å². The Morgan fingerprint density at radius 1 is 0.885 bits per heavy atom. The number of methoxy groups -OCH3 is 1. The second-order valence-corrected chi connectivity index (χ2v) is 8.88. The molecule has 144 valence electrons. The van der Waals surface area contributed by atoms with E-state index in [0.717, 1.165) is 25.7 Å². The van der Waals surface area contributed by atoms with Crippen molar-refractivity contribution in [1.29, 1.82) is 0 Å². The predicted octanol–water partition coefficient (Wildman–Crippen LogP) is 2.36. The van der Waals surface area contributed by atoms with Gasteiger partial charge in [-0.05, 0) is 37.1 Å². The molecule has 9 heteroatoms. The third-order valence-corrected chi connectivity index (χ3v) is 7.15. The summed E-state index contributed by atoms with van der Waals surface area (Å²) in [7, 11) is -2.04. The summed E-state index contributed by atoms with van der Waals surface area (Å²) < 4.78 is 32.1. The molecule has 26 heavy (non-hydrogen) atoms. The lowest BCUT2D eigenvalue weighted by Gasteiger charge is -2.44. The second-order valence-electron chi connectivity index (χ2n) is 6.94. The maximum Gasteiger partial charge on any atom is 0.243 e. The van der Waals surface area contributed by atoms with Crippen LogP contribution in [0.3, 0.4) is 0 Å². The third-order valence-electron chi connectivity index (χ3n) is 5.24. The average Bonchev–Trinajstić information content (AvgIpc) is 3.14. The molecule has 0 unspecified atom stereocenters. The Balaban J connectivity index is 1.40. The van der Waals surface area contributed by atoms with Gasteiger partial charge in [-0.15, -0.1) is 0 Å². The molecule has 0 atom stereocenters. The van der Waals surface area contributed by atoms with Gasteiger partial charge in [0.25, 0.3) is 0 Å². The van der Waals surface area contributed by atoms with Crippen LogP contribution in [0, 0.1) is 0 Å². The highest BCUT2D eigenvalue weighted by molar-refractivity contribution is 7.89. The van der Waals surface area contributed by atoms with Crippen molar-refractivity contribution < 1.29 is 32.7 Å². The van der Waals surface area contributed by atoms with Crippen molar-refractivity contribution in [3.05, 3.63) is 24.3 Å². The van der Waals surface area contributed by atoms with Crippen molar-refractivity contribution >= 4 is 10.0 Å². The van der Waals surface area contributed by atoms with Crippen LogP contribution in [0.15, 0.2) is 29.2 Å². The minimum Gasteiger partial charge on any atom is -0.497 e. The van der Waals surface area contributed by atoms with Gasteiger partial charge in [0, 0.05) is 38.8 Å². The summed E-state index contributed by atoms with van der Waals surface area (Å²) in [4.78, 5) is 22.4. The van der Waals surface area contributed by atoms with E-state index in [-0.39, 0.29) is 18.0 Å². The fraction of sp³-hybridized carbons (Fsp3) is 0.647. The molecular weight excluding hydrogens is 362 g/mol. The Hall–Kier alpha value is -1.23. The summed E-state index contributed by atoms with van der Waals surface area (Å²) in [6.45, 7) is 0.516. The molecule has 1 aromatic carbocycles. The zero-order valence-corrected chi connectivity index (χ0v) is 15.5. The van der Waals surface area contributed by atoms with E-state index in [2.05, 4.69) is 0 Å². The van der Waals surface area contributed by atoms with E-state index >= 15 is 0 Å². The maximum absolute atomic E-state index is 12.8. The number of sulfonamides is 1. The highest BCUT2D eigenvalue weighted by Crippen LogP contribution is 2.43. The van der Waals surface area contributed by atoms with Gasteiger partial charge in [-0.2, -0.15) is 23.9 Å². The molecule has 0 N–H and O–H groups in total. The van der Waals surface area contributed by atoms with E-state index in [1.54, 1.807) is 24.3 Å². The first-order chi connectivity index (χ1) is 12.5. The number of hydrogen-bond donors (Lipinski definition) is 0. The van der Waals surface area contributed by atoms with Crippen LogP contribution in [0.2, 0.25) is 0 Å². The molecule has 2 spiro atoms. The van der Waals surface area contributed by atoms with Crippen molar-refractivity contribution in [1.82, 2.24) is 4.31 Å².